The molecule has 0 unspecified atom stereocenters. The Balaban J connectivity index is 2.19. The molecule has 1 rings (SSSR count). The van der Waals surface area contributed by atoms with Crippen LogP contribution in [0.15, 0.2) is 24.3 Å². The molecule has 0 fully saturated rings. The number of hydrogen-bond donors (Lipinski definition) is 2. The first-order valence-electron chi connectivity index (χ1n) is 7.64. The summed E-state index contributed by atoms with van der Waals surface area (Å²) in [5, 5.41) is 6.62. The maximum absolute atomic E-state index is 5.68. The van der Waals surface area contributed by atoms with Crippen LogP contribution in [0.3, 0.4) is 0 Å². The van der Waals surface area contributed by atoms with Gasteiger partial charge in [-0.3, -0.25) is 0 Å². The fourth-order valence-electron chi connectivity index (χ4n) is 1.74. The second kappa shape index (κ2) is 11.6. The van der Waals surface area contributed by atoms with Crippen molar-refractivity contribution in [2.75, 3.05) is 39.4 Å². The van der Waals surface area contributed by atoms with E-state index in [9.17, 15) is 0 Å². The number of ether oxygens (including phenoxy) is 2. The van der Waals surface area contributed by atoms with Gasteiger partial charge in [0.05, 0.1) is 0 Å². The molecule has 0 atom stereocenters. The van der Waals surface area contributed by atoms with Crippen LogP contribution in [0.2, 0.25) is 0 Å². The largest absolute Gasteiger partial charge is 0.492 e. The van der Waals surface area contributed by atoms with Gasteiger partial charge in [-0.15, -0.1) is 0 Å². The van der Waals surface area contributed by atoms with E-state index in [4.69, 9.17) is 9.47 Å². The SMILES string of the molecule is CCCNCCOc1cccc(OCCNCCC)c1. The van der Waals surface area contributed by atoms with Crippen molar-refractivity contribution in [2.45, 2.75) is 26.7 Å². The quantitative estimate of drug-likeness (QED) is 0.577. The summed E-state index contributed by atoms with van der Waals surface area (Å²) < 4.78 is 11.4. The molecule has 2 N–H and O–H groups in total. The number of nitrogens with one attached hydrogen (secondary N) is 2. The predicted octanol–water partition coefficient (Wildman–Crippen LogP) is 2.44. The van der Waals surface area contributed by atoms with Crippen LogP contribution >= 0.6 is 0 Å². The lowest BCUT2D eigenvalue weighted by Gasteiger charge is -2.10. The van der Waals surface area contributed by atoms with Gasteiger partial charge in [0.25, 0.3) is 0 Å². The average Bonchev–Trinajstić information content (AvgIpc) is 2.47. The molecule has 0 bridgehead atoms. The smallest absolute Gasteiger partial charge is 0.123 e. The van der Waals surface area contributed by atoms with Crippen LogP contribution in [-0.2, 0) is 0 Å². The van der Waals surface area contributed by atoms with Crippen LogP contribution in [0.5, 0.6) is 11.5 Å². The number of rotatable bonds is 12. The molecular weight excluding hydrogens is 252 g/mol. The minimum absolute atomic E-state index is 0.682. The number of benzene rings is 1. The van der Waals surface area contributed by atoms with Gasteiger partial charge in [-0.1, -0.05) is 19.9 Å². The van der Waals surface area contributed by atoms with Crippen LogP contribution in [0.1, 0.15) is 26.7 Å². The summed E-state index contributed by atoms with van der Waals surface area (Å²) in [5.41, 5.74) is 0. The van der Waals surface area contributed by atoms with E-state index in [0.29, 0.717) is 13.2 Å². The van der Waals surface area contributed by atoms with Crippen molar-refractivity contribution in [3.63, 3.8) is 0 Å². The average molecular weight is 280 g/mol. The van der Waals surface area contributed by atoms with Crippen LogP contribution < -0.4 is 20.1 Å². The van der Waals surface area contributed by atoms with E-state index in [-0.39, 0.29) is 0 Å². The van der Waals surface area contributed by atoms with E-state index < -0.39 is 0 Å². The van der Waals surface area contributed by atoms with Crippen molar-refractivity contribution in [1.29, 1.82) is 0 Å². The lowest BCUT2D eigenvalue weighted by atomic mass is 10.3. The van der Waals surface area contributed by atoms with Crippen LogP contribution in [-0.4, -0.2) is 39.4 Å². The minimum Gasteiger partial charge on any atom is -0.492 e. The summed E-state index contributed by atoms with van der Waals surface area (Å²) >= 11 is 0. The summed E-state index contributed by atoms with van der Waals surface area (Å²) in [4.78, 5) is 0. The summed E-state index contributed by atoms with van der Waals surface area (Å²) in [5.74, 6) is 1.73. The molecule has 0 aliphatic rings. The zero-order valence-corrected chi connectivity index (χ0v) is 12.8. The molecule has 0 heterocycles. The zero-order chi connectivity index (χ0) is 14.5. The third kappa shape index (κ3) is 8.02. The van der Waals surface area contributed by atoms with Crippen molar-refractivity contribution in [3.05, 3.63) is 24.3 Å². The molecular formula is C16H28N2O2. The molecule has 0 saturated heterocycles. The Morgan fingerprint density at radius 2 is 1.30 bits per heavy atom. The van der Waals surface area contributed by atoms with Gasteiger partial charge in [0.2, 0.25) is 0 Å². The minimum atomic E-state index is 0.682. The highest BCUT2D eigenvalue weighted by Gasteiger charge is 1.98. The highest BCUT2D eigenvalue weighted by Crippen LogP contribution is 2.19. The Morgan fingerprint density at radius 3 is 1.75 bits per heavy atom. The highest BCUT2D eigenvalue weighted by atomic mass is 16.5. The van der Waals surface area contributed by atoms with E-state index in [1.807, 2.05) is 24.3 Å². The topological polar surface area (TPSA) is 42.5 Å². The van der Waals surface area contributed by atoms with Crippen molar-refractivity contribution in [1.82, 2.24) is 10.6 Å². The Bertz CT molecular complexity index is 316. The molecule has 0 radical (unpaired) electrons. The molecule has 114 valence electrons. The second-order valence-electron chi connectivity index (χ2n) is 4.67. The molecule has 0 spiro atoms. The van der Waals surface area contributed by atoms with Gasteiger partial charge >= 0.3 is 0 Å². The first-order chi connectivity index (χ1) is 9.86. The van der Waals surface area contributed by atoms with E-state index >= 15 is 0 Å². The van der Waals surface area contributed by atoms with Gasteiger partial charge in [-0.05, 0) is 38.1 Å². The van der Waals surface area contributed by atoms with E-state index in [2.05, 4.69) is 24.5 Å². The van der Waals surface area contributed by atoms with Crippen molar-refractivity contribution in [2.24, 2.45) is 0 Å². The Morgan fingerprint density at radius 1 is 0.800 bits per heavy atom. The van der Waals surface area contributed by atoms with Gasteiger partial charge in [0, 0.05) is 19.2 Å². The van der Waals surface area contributed by atoms with E-state index in [0.717, 1.165) is 50.5 Å². The fourth-order valence-corrected chi connectivity index (χ4v) is 1.74. The number of hydrogen-bond acceptors (Lipinski definition) is 4. The van der Waals surface area contributed by atoms with Gasteiger partial charge in [0.1, 0.15) is 24.7 Å². The van der Waals surface area contributed by atoms with E-state index in [1.165, 1.54) is 0 Å². The summed E-state index contributed by atoms with van der Waals surface area (Å²) in [7, 11) is 0. The van der Waals surface area contributed by atoms with Gasteiger partial charge in [0.15, 0.2) is 0 Å². The molecule has 0 amide bonds. The maximum atomic E-state index is 5.68. The standard InChI is InChI=1S/C16H28N2O2/c1-3-8-17-10-12-19-15-6-5-7-16(14-15)20-13-11-18-9-4-2/h5-7,14,17-18H,3-4,8-13H2,1-2H3. The molecule has 1 aromatic rings. The van der Waals surface area contributed by atoms with Crippen LogP contribution in [0, 0.1) is 0 Å². The Kier molecular flexibility index (Phi) is 9.70. The first kappa shape index (κ1) is 16.8. The summed E-state index contributed by atoms with van der Waals surface area (Å²) in [6, 6.07) is 7.83. The normalized spacial score (nSPS) is 10.5. The highest BCUT2D eigenvalue weighted by molar-refractivity contribution is 5.32. The van der Waals surface area contributed by atoms with Crippen molar-refractivity contribution < 1.29 is 9.47 Å². The molecule has 0 saturated carbocycles. The Hall–Kier alpha value is -1.26. The summed E-state index contributed by atoms with van der Waals surface area (Å²) in [6.07, 6.45) is 2.30. The summed E-state index contributed by atoms with van der Waals surface area (Å²) in [6.45, 7) is 9.51. The molecule has 0 aliphatic carbocycles. The molecule has 4 nitrogen and oxygen atoms in total. The Labute approximate surface area is 122 Å². The maximum Gasteiger partial charge on any atom is 0.123 e. The second-order valence-corrected chi connectivity index (χ2v) is 4.67. The van der Waals surface area contributed by atoms with Crippen molar-refractivity contribution >= 4 is 0 Å². The third-order valence-electron chi connectivity index (χ3n) is 2.75. The van der Waals surface area contributed by atoms with Gasteiger partial charge in [-0.2, -0.15) is 0 Å². The van der Waals surface area contributed by atoms with E-state index in [1.54, 1.807) is 0 Å². The predicted molar refractivity (Wildman–Crippen MR) is 83.8 cm³/mol. The fraction of sp³-hybridized carbons (Fsp3) is 0.625. The molecule has 1 aromatic carbocycles. The lowest BCUT2D eigenvalue weighted by molar-refractivity contribution is 0.299. The molecule has 0 aliphatic heterocycles. The molecule has 4 heteroatoms. The van der Waals surface area contributed by atoms with Crippen LogP contribution in [0.4, 0.5) is 0 Å². The first-order valence-corrected chi connectivity index (χ1v) is 7.64. The van der Waals surface area contributed by atoms with Gasteiger partial charge < -0.3 is 20.1 Å². The zero-order valence-electron chi connectivity index (χ0n) is 12.8. The lowest BCUT2D eigenvalue weighted by Crippen LogP contribution is -2.22. The molecule has 0 aromatic heterocycles. The van der Waals surface area contributed by atoms with Crippen molar-refractivity contribution in [3.8, 4) is 11.5 Å². The van der Waals surface area contributed by atoms with Gasteiger partial charge in [-0.25, -0.2) is 0 Å². The third-order valence-corrected chi connectivity index (χ3v) is 2.75. The monoisotopic (exact) mass is 280 g/mol. The van der Waals surface area contributed by atoms with Crippen LogP contribution in [0.25, 0.3) is 0 Å². The molecule has 20 heavy (non-hydrogen) atoms.